The summed E-state index contributed by atoms with van der Waals surface area (Å²) in [4.78, 5) is 13.5. The van der Waals surface area contributed by atoms with Gasteiger partial charge < -0.3 is 25.2 Å². The van der Waals surface area contributed by atoms with Crippen molar-refractivity contribution in [2.45, 2.75) is 68.8 Å². The number of aliphatic hydroxyl groups is 1. The largest absolute Gasteiger partial charge is 0.491 e. The number of nitrogens with zero attached hydrogens (tertiary/aromatic N) is 5. The topological polar surface area (TPSA) is 121 Å². The Bertz CT molecular complexity index is 2000. The van der Waals surface area contributed by atoms with E-state index >= 15 is 4.39 Å². The lowest BCUT2D eigenvalue weighted by molar-refractivity contribution is 0.0339. The quantitative estimate of drug-likeness (QED) is 0.253. The van der Waals surface area contributed by atoms with Gasteiger partial charge in [0.25, 0.3) is 0 Å². The minimum atomic E-state index is -1.03. The van der Waals surface area contributed by atoms with E-state index in [9.17, 15) is 19.1 Å². The first-order chi connectivity index (χ1) is 22.5. The number of rotatable bonds is 4. The predicted octanol–water partition coefficient (Wildman–Crippen LogP) is 6.35. The number of nitriles is 1. The molecule has 3 fully saturated rings. The normalized spacial score (nSPS) is 27.3. The van der Waals surface area contributed by atoms with Crippen molar-refractivity contribution in [3.63, 3.8) is 0 Å². The number of nitrogen functional groups attached to an aromatic ring is 1. The number of alkyl halides is 1. The number of thiophene rings is 1. The molecule has 246 valence electrons. The van der Waals surface area contributed by atoms with Gasteiger partial charge in [-0.2, -0.15) is 15.2 Å². The fraction of sp³-hybridized carbons (Fsp3) is 0.485. The van der Waals surface area contributed by atoms with Gasteiger partial charge in [-0.1, -0.05) is 17.7 Å². The minimum Gasteiger partial charge on any atom is -0.491 e. The van der Waals surface area contributed by atoms with Gasteiger partial charge in [0.05, 0.1) is 38.4 Å². The molecule has 0 radical (unpaired) electrons. The highest BCUT2D eigenvalue weighted by Crippen LogP contribution is 2.51. The number of ether oxygens (including phenoxy) is 2. The Morgan fingerprint density at radius 2 is 2.09 bits per heavy atom. The third kappa shape index (κ3) is 4.78. The van der Waals surface area contributed by atoms with Crippen LogP contribution in [-0.2, 0) is 0 Å². The first kappa shape index (κ1) is 30.7. The van der Waals surface area contributed by atoms with Gasteiger partial charge in [-0.25, -0.2) is 13.2 Å². The zero-order chi connectivity index (χ0) is 32.8. The molecule has 3 saturated heterocycles. The number of aromatic nitrogens is 2. The molecule has 3 N–H and O–H groups in total. The Morgan fingerprint density at radius 3 is 2.89 bits per heavy atom. The second-order valence-electron chi connectivity index (χ2n) is 13.5. The van der Waals surface area contributed by atoms with Crippen molar-refractivity contribution in [1.82, 2.24) is 14.9 Å². The highest BCUT2D eigenvalue weighted by Gasteiger charge is 2.49. The molecule has 0 saturated carbocycles. The maximum absolute atomic E-state index is 17.2. The highest BCUT2D eigenvalue weighted by atomic mass is 35.5. The molecule has 0 aliphatic carbocycles. The molecule has 9 nitrogen and oxygen atoms in total. The predicted molar refractivity (Wildman–Crippen MR) is 174 cm³/mol. The lowest BCUT2D eigenvalue weighted by atomic mass is 9.88. The number of fused-ring (bicyclic) bond motifs is 4. The number of benzene rings is 2. The highest BCUT2D eigenvalue weighted by molar-refractivity contribution is 7.23. The van der Waals surface area contributed by atoms with Crippen LogP contribution in [0.5, 0.6) is 11.8 Å². The Balaban J connectivity index is 1.36. The molecule has 4 aliphatic rings. The van der Waals surface area contributed by atoms with Gasteiger partial charge in [0.15, 0.2) is 11.6 Å². The molecule has 47 heavy (non-hydrogen) atoms. The summed E-state index contributed by atoms with van der Waals surface area (Å²) in [6, 6.07) is 4.42. The van der Waals surface area contributed by atoms with Gasteiger partial charge in [-0.05, 0) is 50.8 Å². The Kier molecular flexibility index (Phi) is 7.18. The van der Waals surface area contributed by atoms with E-state index in [1.54, 1.807) is 6.92 Å². The number of hydrogen-bond acceptors (Lipinski definition) is 10. The van der Waals surface area contributed by atoms with E-state index in [2.05, 4.69) is 9.88 Å². The number of hydrogen-bond donors (Lipinski definition) is 2. The van der Waals surface area contributed by atoms with Crippen molar-refractivity contribution >= 4 is 54.7 Å². The Hall–Kier alpha value is -3.57. The average Bonchev–Trinajstić information content (AvgIpc) is 3.67. The number of halogens is 4. The monoisotopic (exact) mass is 684 g/mol. The van der Waals surface area contributed by atoms with Crippen LogP contribution in [0.1, 0.15) is 51.0 Å². The molecular formula is C33H32ClF3N6O3S. The lowest BCUT2D eigenvalue weighted by Crippen LogP contribution is -2.52. The van der Waals surface area contributed by atoms with Gasteiger partial charge in [-0.3, -0.25) is 4.90 Å². The van der Waals surface area contributed by atoms with Crippen molar-refractivity contribution in [2.24, 2.45) is 0 Å². The number of nitrogens with two attached hydrogens (primary N) is 1. The molecule has 2 aromatic carbocycles. The van der Waals surface area contributed by atoms with Crippen LogP contribution in [0.25, 0.3) is 32.1 Å². The van der Waals surface area contributed by atoms with Crippen molar-refractivity contribution in [1.29, 1.82) is 5.26 Å². The molecule has 4 aromatic rings. The van der Waals surface area contributed by atoms with E-state index in [0.29, 0.717) is 38.0 Å². The summed E-state index contributed by atoms with van der Waals surface area (Å²) in [6.45, 7) is 3.48. The van der Waals surface area contributed by atoms with Crippen molar-refractivity contribution < 1.29 is 27.8 Å². The Morgan fingerprint density at radius 1 is 1.26 bits per heavy atom. The van der Waals surface area contributed by atoms with Crippen LogP contribution >= 0.6 is 22.9 Å². The summed E-state index contributed by atoms with van der Waals surface area (Å²) in [5.41, 5.74) is 4.49. The smallest absolute Gasteiger partial charge is 0.319 e. The molecule has 0 amide bonds. The molecule has 3 unspecified atom stereocenters. The van der Waals surface area contributed by atoms with Crippen molar-refractivity contribution in [2.75, 3.05) is 43.5 Å². The van der Waals surface area contributed by atoms with Gasteiger partial charge in [0.2, 0.25) is 0 Å². The molecule has 2 aromatic heterocycles. The average molecular weight is 685 g/mol. The van der Waals surface area contributed by atoms with Gasteiger partial charge >= 0.3 is 6.01 Å². The maximum Gasteiger partial charge on any atom is 0.319 e. The van der Waals surface area contributed by atoms with Crippen LogP contribution in [-0.4, -0.2) is 76.2 Å². The van der Waals surface area contributed by atoms with Crippen LogP contribution in [0.15, 0.2) is 12.1 Å². The van der Waals surface area contributed by atoms with E-state index in [-0.39, 0.29) is 85.3 Å². The van der Waals surface area contributed by atoms with Crippen LogP contribution in [0.4, 0.5) is 24.0 Å². The third-order valence-corrected chi connectivity index (χ3v) is 11.7. The molecular weight excluding hydrogens is 653 g/mol. The first-order valence-electron chi connectivity index (χ1n) is 15.8. The maximum atomic E-state index is 17.2. The number of anilines is 2. The van der Waals surface area contributed by atoms with Crippen LogP contribution in [0.2, 0.25) is 5.02 Å². The Labute approximate surface area is 277 Å². The second kappa shape index (κ2) is 11.0. The molecule has 6 heterocycles. The minimum absolute atomic E-state index is 0.0209. The third-order valence-electron chi connectivity index (χ3n) is 10.3. The van der Waals surface area contributed by atoms with E-state index in [4.69, 9.17) is 31.8 Å². The molecule has 0 bridgehead atoms. The summed E-state index contributed by atoms with van der Waals surface area (Å²) in [6.07, 6.45) is 2.87. The van der Waals surface area contributed by atoms with E-state index < -0.39 is 28.9 Å². The summed E-state index contributed by atoms with van der Waals surface area (Å²) in [5.74, 6) is -0.983. The molecule has 8 rings (SSSR count). The zero-order valence-corrected chi connectivity index (χ0v) is 27.2. The fourth-order valence-electron chi connectivity index (χ4n) is 8.09. The van der Waals surface area contributed by atoms with Gasteiger partial charge in [0, 0.05) is 42.9 Å². The standard InChI is InChI=1S/C33H32ClF3N6O3S/c1-32(44)8-5-17-6-10-45-27-23-26(25(37)22(24(27)34)18-3-4-20(36)28-21(18)19(12-38)29(39)47-28)40-31(41-30(23)43(17)14-32)46-15-33-7-2-9-42(33)13-16(35)11-33/h3-4,16-17,44H,2,5-11,13-15,39H2,1H3/t16-,17?,32?,33?/m1/s1. The zero-order valence-electron chi connectivity index (χ0n) is 25.6. The number of piperidine rings is 1. The van der Waals surface area contributed by atoms with E-state index in [1.165, 1.54) is 12.1 Å². The van der Waals surface area contributed by atoms with Crippen LogP contribution in [0, 0.1) is 23.0 Å². The molecule has 4 aliphatic heterocycles. The molecule has 4 atom stereocenters. The summed E-state index contributed by atoms with van der Waals surface area (Å²) in [7, 11) is 0. The second-order valence-corrected chi connectivity index (χ2v) is 14.9. The van der Waals surface area contributed by atoms with Crippen LogP contribution < -0.4 is 20.1 Å². The van der Waals surface area contributed by atoms with E-state index in [0.717, 1.165) is 30.7 Å². The molecule has 0 spiro atoms. The summed E-state index contributed by atoms with van der Waals surface area (Å²) >= 11 is 7.93. The van der Waals surface area contributed by atoms with Crippen molar-refractivity contribution in [3.05, 3.63) is 34.4 Å². The lowest BCUT2D eigenvalue weighted by Gasteiger charge is -2.44. The first-order valence-corrected chi connectivity index (χ1v) is 17.0. The SMILES string of the molecule is CC1(O)CCC2CCOc3c(Cl)c(-c4ccc(F)c5sc(N)c(C#N)c45)c(F)c4nc(OCC56CCCN5C[C@H](F)C6)nc(c34)N2C1. The fourth-order valence-corrected chi connectivity index (χ4v) is 9.37. The van der Waals surface area contributed by atoms with E-state index in [1.807, 2.05) is 11.0 Å². The van der Waals surface area contributed by atoms with Crippen molar-refractivity contribution in [3.8, 4) is 29.0 Å². The summed E-state index contributed by atoms with van der Waals surface area (Å²) in [5, 5.41) is 21.5. The molecule has 14 heteroatoms. The summed E-state index contributed by atoms with van der Waals surface area (Å²) < 4.78 is 59.3. The van der Waals surface area contributed by atoms with Gasteiger partial charge in [0.1, 0.15) is 41.0 Å². The van der Waals surface area contributed by atoms with Gasteiger partial charge in [-0.15, -0.1) is 11.3 Å². The van der Waals surface area contributed by atoms with Crippen LogP contribution in [0.3, 0.4) is 0 Å².